The van der Waals surface area contributed by atoms with Crippen molar-refractivity contribution in [2.24, 2.45) is 0 Å². The number of methoxy groups -OCH3 is 1. The number of benzene rings is 2. The largest absolute Gasteiger partial charge is 0.497 e. The molecule has 2 aromatic rings. The van der Waals surface area contributed by atoms with E-state index in [9.17, 15) is 14.4 Å². The summed E-state index contributed by atoms with van der Waals surface area (Å²) in [5.74, 6) is -1.28. The number of nitrogens with one attached hydrogen (secondary N) is 1. The standard InChI is InChI=1S/C20H16N2O5S2/c1-27-15-7-2-4-12(8-15)9-16-18(24)22(20(28)29-16)11-17(23)21-14-6-3-5-13(10-14)19(25)26/h2-10H,11H2,1H3,(H,21,23)(H,25,26)/b16-9-. The number of hydrogen-bond donors (Lipinski definition) is 2. The van der Waals surface area contributed by atoms with Crippen LogP contribution in [0.2, 0.25) is 0 Å². The molecule has 1 aliphatic rings. The number of thioether (sulfide) groups is 1. The minimum absolute atomic E-state index is 0.0506. The Morgan fingerprint density at radius 1 is 1.24 bits per heavy atom. The van der Waals surface area contributed by atoms with E-state index >= 15 is 0 Å². The number of thiocarbonyl (C=S) groups is 1. The predicted octanol–water partition coefficient (Wildman–Crippen LogP) is 3.23. The Morgan fingerprint density at radius 3 is 2.72 bits per heavy atom. The number of carbonyl (C=O) groups is 3. The second-order valence-electron chi connectivity index (χ2n) is 5.98. The van der Waals surface area contributed by atoms with Gasteiger partial charge in [0, 0.05) is 5.69 Å². The lowest BCUT2D eigenvalue weighted by atomic mass is 10.2. The molecule has 0 aromatic heterocycles. The maximum absolute atomic E-state index is 12.7. The smallest absolute Gasteiger partial charge is 0.335 e. The SMILES string of the molecule is COc1cccc(/C=C2\SC(=S)N(CC(=O)Nc3cccc(C(=O)O)c3)C2=O)c1. The third-order valence-electron chi connectivity index (χ3n) is 3.96. The summed E-state index contributed by atoms with van der Waals surface area (Å²) in [6.45, 7) is -0.266. The second kappa shape index (κ2) is 8.89. The molecule has 0 saturated carbocycles. The van der Waals surface area contributed by atoms with Crippen molar-refractivity contribution < 1.29 is 24.2 Å². The summed E-state index contributed by atoms with van der Waals surface area (Å²) in [4.78, 5) is 37.6. The molecule has 2 N–H and O–H groups in total. The number of anilines is 1. The second-order valence-corrected chi connectivity index (χ2v) is 7.65. The summed E-state index contributed by atoms with van der Waals surface area (Å²) < 4.78 is 5.45. The van der Waals surface area contributed by atoms with Gasteiger partial charge in [-0.1, -0.05) is 42.2 Å². The van der Waals surface area contributed by atoms with Crippen molar-refractivity contribution in [3.05, 3.63) is 64.6 Å². The van der Waals surface area contributed by atoms with Crippen molar-refractivity contribution in [2.75, 3.05) is 19.0 Å². The third-order valence-corrected chi connectivity index (χ3v) is 5.34. The van der Waals surface area contributed by atoms with Crippen LogP contribution in [0.5, 0.6) is 5.75 Å². The fourth-order valence-corrected chi connectivity index (χ4v) is 3.85. The van der Waals surface area contributed by atoms with E-state index < -0.39 is 11.9 Å². The molecule has 0 bridgehead atoms. The highest BCUT2D eigenvalue weighted by Gasteiger charge is 2.33. The van der Waals surface area contributed by atoms with Crippen molar-refractivity contribution in [1.82, 2.24) is 4.90 Å². The fourth-order valence-electron chi connectivity index (χ4n) is 2.59. The Kier molecular flexibility index (Phi) is 6.30. The summed E-state index contributed by atoms with van der Waals surface area (Å²) in [5.41, 5.74) is 1.15. The molecule has 2 aromatic carbocycles. The van der Waals surface area contributed by atoms with Crippen molar-refractivity contribution in [1.29, 1.82) is 0 Å². The van der Waals surface area contributed by atoms with E-state index in [2.05, 4.69) is 5.32 Å². The lowest BCUT2D eigenvalue weighted by Gasteiger charge is -2.14. The van der Waals surface area contributed by atoms with Crippen molar-refractivity contribution in [3.63, 3.8) is 0 Å². The van der Waals surface area contributed by atoms with Gasteiger partial charge in [0.2, 0.25) is 5.91 Å². The van der Waals surface area contributed by atoms with E-state index in [0.29, 0.717) is 16.3 Å². The Morgan fingerprint density at radius 2 is 2.00 bits per heavy atom. The van der Waals surface area contributed by atoms with Crippen LogP contribution in [0, 0.1) is 0 Å². The van der Waals surface area contributed by atoms with Crippen LogP contribution in [-0.4, -0.2) is 45.8 Å². The molecule has 3 rings (SSSR count). The number of carboxylic acids is 1. The van der Waals surface area contributed by atoms with Crippen LogP contribution in [0.3, 0.4) is 0 Å². The van der Waals surface area contributed by atoms with E-state index in [1.165, 1.54) is 23.1 Å². The minimum atomic E-state index is -1.10. The first-order valence-electron chi connectivity index (χ1n) is 8.40. The molecule has 29 heavy (non-hydrogen) atoms. The van der Waals surface area contributed by atoms with Gasteiger partial charge in [0.1, 0.15) is 16.6 Å². The number of aromatic carboxylic acids is 1. The monoisotopic (exact) mass is 428 g/mol. The molecule has 0 unspecified atom stereocenters. The number of carbonyl (C=O) groups excluding carboxylic acids is 2. The number of nitrogens with zero attached hydrogens (tertiary/aromatic N) is 1. The van der Waals surface area contributed by atoms with Crippen LogP contribution < -0.4 is 10.1 Å². The fraction of sp³-hybridized carbons (Fsp3) is 0.100. The Balaban J connectivity index is 1.69. The molecule has 1 heterocycles. The highest BCUT2D eigenvalue weighted by atomic mass is 32.2. The number of carboxylic acid groups (broad SMARTS) is 1. The Labute approximate surface area is 176 Å². The van der Waals surface area contributed by atoms with E-state index in [1.54, 1.807) is 31.4 Å². The van der Waals surface area contributed by atoms with Gasteiger partial charge in [-0.25, -0.2) is 4.79 Å². The average Bonchev–Trinajstić information content (AvgIpc) is 2.95. The van der Waals surface area contributed by atoms with Gasteiger partial charge in [-0.2, -0.15) is 0 Å². The molecule has 0 aliphatic carbocycles. The molecule has 0 spiro atoms. The number of rotatable bonds is 6. The number of amides is 2. The van der Waals surface area contributed by atoms with Gasteiger partial charge in [-0.05, 0) is 42.0 Å². The van der Waals surface area contributed by atoms with Crippen LogP contribution in [-0.2, 0) is 9.59 Å². The molecule has 1 saturated heterocycles. The van der Waals surface area contributed by atoms with E-state index in [0.717, 1.165) is 17.3 Å². The molecule has 9 heteroatoms. The summed E-state index contributed by atoms with van der Waals surface area (Å²) in [6.07, 6.45) is 1.69. The lowest BCUT2D eigenvalue weighted by Crippen LogP contribution is -2.36. The average molecular weight is 428 g/mol. The van der Waals surface area contributed by atoms with Gasteiger partial charge in [0.15, 0.2) is 0 Å². The highest BCUT2D eigenvalue weighted by Crippen LogP contribution is 2.32. The summed E-state index contributed by atoms with van der Waals surface area (Å²) in [5, 5.41) is 11.6. The van der Waals surface area contributed by atoms with Crippen molar-refractivity contribution >= 4 is 57.8 Å². The Hall–Kier alpha value is -3.17. The molecular formula is C20H16N2O5S2. The van der Waals surface area contributed by atoms with Gasteiger partial charge >= 0.3 is 5.97 Å². The predicted molar refractivity (Wildman–Crippen MR) is 115 cm³/mol. The van der Waals surface area contributed by atoms with Gasteiger partial charge in [-0.3, -0.25) is 14.5 Å². The van der Waals surface area contributed by atoms with E-state index in [-0.39, 0.29) is 22.3 Å². The first-order chi connectivity index (χ1) is 13.9. The molecule has 7 nitrogen and oxygen atoms in total. The zero-order chi connectivity index (χ0) is 21.0. The molecule has 0 atom stereocenters. The van der Waals surface area contributed by atoms with Crippen molar-refractivity contribution in [2.45, 2.75) is 0 Å². The molecular weight excluding hydrogens is 412 g/mol. The van der Waals surface area contributed by atoms with Crippen LogP contribution in [0.1, 0.15) is 15.9 Å². The summed E-state index contributed by atoms with van der Waals surface area (Å²) in [7, 11) is 1.56. The first-order valence-corrected chi connectivity index (χ1v) is 9.62. The quantitative estimate of drug-likeness (QED) is 0.539. The van der Waals surface area contributed by atoms with E-state index in [4.69, 9.17) is 22.1 Å². The van der Waals surface area contributed by atoms with E-state index in [1.807, 2.05) is 12.1 Å². The number of ether oxygens (including phenoxy) is 1. The van der Waals surface area contributed by atoms with Crippen molar-refractivity contribution in [3.8, 4) is 5.75 Å². The molecule has 1 aliphatic heterocycles. The first kappa shape index (κ1) is 20.6. The van der Waals surface area contributed by atoms with Crippen LogP contribution in [0.25, 0.3) is 6.08 Å². The highest BCUT2D eigenvalue weighted by molar-refractivity contribution is 8.26. The number of hydrogen-bond acceptors (Lipinski definition) is 6. The van der Waals surface area contributed by atoms with Gasteiger partial charge in [0.25, 0.3) is 5.91 Å². The molecule has 2 amide bonds. The topological polar surface area (TPSA) is 95.9 Å². The lowest BCUT2D eigenvalue weighted by molar-refractivity contribution is -0.126. The van der Waals surface area contributed by atoms with Crippen LogP contribution in [0.4, 0.5) is 5.69 Å². The van der Waals surface area contributed by atoms with Gasteiger partial charge in [0.05, 0.1) is 17.6 Å². The summed E-state index contributed by atoms with van der Waals surface area (Å²) >= 11 is 6.36. The van der Waals surface area contributed by atoms with Gasteiger partial charge in [-0.15, -0.1) is 0 Å². The maximum Gasteiger partial charge on any atom is 0.335 e. The normalized spacial score (nSPS) is 14.9. The summed E-state index contributed by atoms with van der Waals surface area (Å²) in [6, 6.07) is 13.1. The maximum atomic E-state index is 12.7. The van der Waals surface area contributed by atoms with Crippen LogP contribution >= 0.6 is 24.0 Å². The molecule has 148 valence electrons. The van der Waals surface area contributed by atoms with Gasteiger partial charge < -0.3 is 15.2 Å². The molecule has 1 fully saturated rings. The minimum Gasteiger partial charge on any atom is -0.497 e. The Bertz CT molecular complexity index is 1040. The zero-order valence-electron chi connectivity index (χ0n) is 15.2. The zero-order valence-corrected chi connectivity index (χ0v) is 16.9. The molecule has 0 radical (unpaired) electrons. The third kappa shape index (κ3) is 5.01. The van der Waals surface area contributed by atoms with Crippen LogP contribution in [0.15, 0.2) is 53.4 Å².